The van der Waals surface area contributed by atoms with Gasteiger partial charge in [-0.2, -0.15) is 0 Å². The lowest BCUT2D eigenvalue weighted by molar-refractivity contribution is -0.132. The Bertz CT molecular complexity index is 254. The molecule has 1 amide bonds. The number of amides is 1. The molecule has 0 bridgehead atoms. The van der Waals surface area contributed by atoms with Gasteiger partial charge in [0.05, 0.1) is 5.75 Å². The Hall–Kier alpha value is -0.620. The highest BCUT2D eigenvalue weighted by Crippen LogP contribution is 2.04. The van der Waals surface area contributed by atoms with Crippen LogP contribution < -0.4 is 5.73 Å². The monoisotopic (exact) mass is 181 g/mol. The molecule has 0 saturated heterocycles. The highest BCUT2D eigenvalue weighted by molar-refractivity contribution is 7.90. The molecule has 3 N–H and O–H groups in total. The number of rotatable bonds is 3. The summed E-state index contributed by atoms with van der Waals surface area (Å²) in [6, 6.07) is 0. The molecule has 0 spiro atoms. The molecule has 0 aliphatic heterocycles. The van der Waals surface area contributed by atoms with Crippen LogP contribution >= 0.6 is 0 Å². The van der Waals surface area contributed by atoms with Gasteiger partial charge in [-0.05, 0) is 6.92 Å². The molecule has 0 fully saturated rings. The Kier molecular flexibility index (Phi) is 2.63. The Labute approximate surface area is 65.1 Å². The summed E-state index contributed by atoms with van der Waals surface area (Å²) >= 11 is 0. The summed E-state index contributed by atoms with van der Waals surface area (Å²) in [7, 11) is -3.38. The van der Waals surface area contributed by atoms with E-state index in [9.17, 15) is 13.2 Å². The molecule has 6 heteroatoms. The third-order valence-electron chi connectivity index (χ3n) is 1.07. The molecule has 0 saturated carbocycles. The van der Waals surface area contributed by atoms with Crippen molar-refractivity contribution >= 4 is 15.7 Å². The van der Waals surface area contributed by atoms with Gasteiger partial charge in [0.2, 0.25) is 5.91 Å². The molecule has 0 aliphatic carbocycles. The standard InChI is InChI=1S/C5H11NO4S/c1-5(8,4(6)7)3-11(2,9)10/h8H,3H2,1-2H3,(H2,6,7). The summed E-state index contributed by atoms with van der Waals surface area (Å²) in [6.07, 6.45) is 0.921. The zero-order valence-electron chi connectivity index (χ0n) is 6.36. The second kappa shape index (κ2) is 2.78. The van der Waals surface area contributed by atoms with E-state index in [1.165, 1.54) is 0 Å². The zero-order valence-corrected chi connectivity index (χ0v) is 7.18. The van der Waals surface area contributed by atoms with E-state index in [1.807, 2.05) is 0 Å². The highest BCUT2D eigenvalue weighted by Gasteiger charge is 2.31. The molecule has 0 radical (unpaired) electrons. The minimum atomic E-state index is -3.38. The fraction of sp³-hybridized carbons (Fsp3) is 0.800. The van der Waals surface area contributed by atoms with Crippen molar-refractivity contribution in [2.24, 2.45) is 5.73 Å². The summed E-state index contributed by atoms with van der Waals surface area (Å²) in [5.74, 6) is -1.68. The van der Waals surface area contributed by atoms with Crippen molar-refractivity contribution in [2.45, 2.75) is 12.5 Å². The lowest BCUT2D eigenvalue weighted by Gasteiger charge is -2.16. The first-order valence-corrected chi connectivity index (χ1v) is 4.91. The Morgan fingerprint density at radius 2 is 2.00 bits per heavy atom. The van der Waals surface area contributed by atoms with Gasteiger partial charge < -0.3 is 10.8 Å². The molecule has 0 aromatic carbocycles. The van der Waals surface area contributed by atoms with E-state index in [1.54, 1.807) is 0 Å². The van der Waals surface area contributed by atoms with Crippen molar-refractivity contribution in [3.05, 3.63) is 0 Å². The van der Waals surface area contributed by atoms with E-state index in [4.69, 9.17) is 10.8 Å². The Morgan fingerprint density at radius 3 is 2.09 bits per heavy atom. The lowest BCUT2D eigenvalue weighted by Crippen LogP contribution is -2.46. The SMILES string of the molecule is CC(O)(CS(C)(=O)=O)C(N)=O. The lowest BCUT2D eigenvalue weighted by atomic mass is 10.1. The van der Waals surface area contributed by atoms with Crippen molar-refractivity contribution < 1.29 is 18.3 Å². The Balaban J connectivity index is 4.51. The smallest absolute Gasteiger partial charge is 0.250 e. The van der Waals surface area contributed by atoms with Gasteiger partial charge in [-0.1, -0.05) is 0 Å². The first-order chi connectivity index (χ1) is 4.65. The number of hydrogen-bond acceptors (Lipinski definition) is 4. The summed E-state index contributed by atoms with van der Waals surface area (Å²) in [6.45, 7) is 1.07. The van der Waals surface area contributed by atoms with Crippen molar-refractivity contribution in [2.75, 3.05) is 12.0 Å². The molecular weight excluding hydrogens is 170 g/mol. The molecule has 0 heterocycles. The second-order valence-electron chi connectivity index (χ2n) is 2.71. The maximum Gasteiger partial charge on any atom is 0.250 e. The maximum absolute atomic E-state index is 10.6. The van der Waals surface area contributed by atoms with Gasteiger partial charge in [-0.3, -0.25) is 4.79 Å². The van der Waals surface area contributed by atoms with Crippen LogP contribution in [-0.2, 0) is 14.6 Å². The molecule has 0 aromatic heterocycles. The van der Waals surface area contributed by atoms with Crippen LogP contribution in [0.25, 0.3) is 0 Å². The number of nitrogens with two attached hydrogens (primary N) is 1. The van der Waals surface area contributed by atoms with Gasteiger partial charge >= 0.3 is 0 Å². The van der Waals surface area contributed by atoms with E-state index < -0.39 is 27.1 Å². The third kappa shape index (κ3) is 3.94. The number of aliphatic hydroxyl groups is 1. The van der Waals surface area contributed by atoms with Crippen molar-refractivity contribution in [3.63, 3.8) is 0 Å². The highest BCUT2D eigenvalue weighted by atomic mass is 32.2. The fourth-order valence-electron chi connectivity index (χ4n) is 0.582. The number of sulfone groups is 1. The number of primary amides is 1. The van der Waals surface area contributed by atoms with E-state index in [2.05, 4.69) is 0 Å². The molecule has 5 nitrogen and oxygen atoms in total. The largest absolute Gasteiger partial charge is 0.379 e. The van der Waals surface area contributed by atoms with E-state index in [-0.39, 0.29) is 0 Å². The van der Waals surface area contributed by atoms with Crippen molar-refractivity contribution in [3.8, 4) is 0 Å². The number of carbonyl (C=O) groups is 1. The summed E-state index contributed by atoms with van der Waals surface area (Å²) in [5.41, 5.74) is 2.76. The first kappa shape index (κ1) is 10.4. The van der Waals surface area contributed by atoms with Crippen LogP contribution in [0.15, 0.2) is 0 Å². The van der Waals surface area contributed by atoms with Crippen LogP contribution in [0.4, 0.5) is 0 Å². The van der Waals surface area contributed by atoms with Crippen LogP contribution in [0, 0.1) is 0 Å². The van der Waals surface area contributed by atoms with Crippen LogP contribution in [-0.4, -0.2) is 37.0 Å². The van der Waals surface area contributed by atoms with Crippen molar-refractivity contribution in [1.82, 2.24) is 0 Å². The van der Waals surface area contributed by atoms with Gasteiger partial charge in [0.1, 0.15) is 0 Å². The average molecular weight is 181 g/mol. The van der Waals surface area contributed by atoms with Gasteiger partial charge in [-0.25, -0.2) is 8.42 Å². The minimum absolute atomic E-state index is 0.644. The zero-order chi connectivity index (χ0) is 9.28. The van der Waals surface area contributed by atoms with Crippen LogP contribution in [0.3, 0.4) is 0 Å². The van der Waals surface area contributed by atoms with E-state index >= 15 is 0 Å². The van der Waals surface area contributed by atoms with Gasteiger partial charge in [0.15, 0.2) is 15.4 Å². The average Bonchev–Trinajstić information content (AvgIpc) is 1.56. The molecule has 1 atom stereocenters. The molecule has 0 aromatic rings. The van der Waals surface area contributed by atoms with Crippen molar-refractivity contribution in [1.29, 1.82) is 0 Å². The van der Waals surface area contributed by atoms with Crippen LogP contribution in [0.5, 0.6) is 0 Å². The van der Waals surface area contributed by atoms with Gasteiger partial charge in [-0.15, -0.1) is 0 Å². The van der Waals surface area contributed by atoms with Crippen LogP contribution in [0.2, 0.25) is 0 Å². The molecule has 0 aliphatic rings. The van der Waals surface area contributed by atoms with Gasteiger partial charge in [0.25, 0.3) is 0 Å². The third-order valence-corrected chi connectivity index (χ3v) is 2.16. The maximum atomic E-state index is 10.6. The quantitative estimate of drug-likeness (QED) is 0.540. The van der Waals surface area contributed by atoms with Gasteiger partial charge in [0, 0.05) is 6.26 Å². The molecule has 1 unspecified atom stereocenters. The normalized spacial score (nSPS) is 17.4. The predicted molar refractivity (Wildman–Crippen MR) is 39.5 cm³/mol. The second-order valence-corrected chi connectivity index (χ2v) is 4.85. The molecule has 66 valence electrons. The molecule has 11 heavy (non-hydrogen) atoms. The first-order valence-electron chi connectivity index (χ1n) is 2.85. The molecule has 0 rings (SSSR count). The Morgan fingerprint density at radius 1 is 1.64 bits per heavy atom. The fourth-order valence-corrected chi connectivity index (χ4v) is 1.75. The topological polar surface area (TPSA) is 97.5 Å². The predicted octanol–water partition coefficient (Wildman–Crippen LogP) is -1.73. The summed E-state index contributed by atoms with van der Waals surface area (Å²) in [4.78, 5) is 10.4. The van der Waals surface area contributed by atoms with E-state index in [0.29, 0.717) is 0 Å². The summed E-state index contributed by atoms with van der Waals surface area (Å²) in [5, 5.41) is 9.07. The summed E-state index contributed by atoms with van der Waals surface area (Å²) < 4.78 is 21.2. The van der Waals surface area contributed by atoms with E-state index in [0.717, 1.165) is 13.2 Å². The number of hydrogen-bond donors (Lipinski definition) is 2. The molecular formula is C5H11NO4S. The minimum Gasteiger partial charge on any atom is -0.379 e. The number of carbonyl (C=O) groups excluding carboxylic acids is 1. The van der Waals surface area contributed by atoms with Crippen LogP contribution in [0.1, 0.15) is 6.92 Å².